The number of aromatic nitrogens is 4. The zero-order chi connectivity index (χ0) is 18.8. The molecule has 0 atom stereocenters. The van der Waals surface area contributed by atoms with Crippen LogP contribution in [0.1, 0.15) is 23.5 Å². The van der Waals surface area contributed by atoms with E-state index in [2.05, 4.69) is 15.0 Å². The van der Waals surface area contributed by atoms with Gasteiger partial charge in [-0.05, 0) is 13.0 Å². The van der Waals surface area contributed by atoms with Crippen molar-refractivity contribution in [3.8, 4) is 11.4 Å². The highest BCUT2D eigenvalue weighted by molar-refractivity contribution is 5.67. The molecule has 0 saturated heterocycles. The first kappa shape index (κ1) is 17.2. The van der Waals surface area contributed by atoms with E-state index >= 15 is 0 Å². The van der Waals surface area contributed by atoms with Crippen molar-refractivity contribution in [2.75, 3.05) is 11.4 Å². The highest BCUT2D eigenvalue weighted by atomic mass is 16.4. The molecule has 0 unspecified atom stereocenters. The maximum Gasteiger partial charge on any atom is 0.303 e. The third-order valence-corrected chi connectivity index (χ3v) is 4.64. The minimum absolute atomic E-state index is 0.103. The Bertz CT molecular complexity index is 968. The van der Waals surface area contributed by atoms with Crippen LogP contribution in [0.2, 0.25) is 0 Å². The van der Waals surface area contributed by atoms with Crippen molar-refractivity contribution >= 4 is 11.8 Å². The number of aliphatic carboxylic acids is 1. The van der Waals surface area contributed by atoms with Crippen molar-refractivity contribution in [3.63, 3.8) is 0 Å². The van der Waals surface area contributed by atoms with Crippen LogP contribution in [0.15, 0.2) is 42.5 Å². The molecule has 138 valence electrons. The smallest absolute Gasteiger partial charge is 0.303 e. The van der Waals surface area contributed by atoms with Crippen molar-refractivity contribution in [2.45, 2.75) is 32.9 Å². The van der Waals surface area contributed by atoms with E-state index in [1.807, 2.05) is 54.1 Å². The van der Waals surface area contributed by atoms with Gasteiger partial charge >= 0.3 is 5.97 Å². The maximum absolute atomic E-state index is 10.8. The van der Waals surface area contributed by atoms with Crippen molar-refractivity contribution in [2.24, 2.45) is 0 Å². The largest absolute Gasteiger partial charge is 0.481 e. The van der Waals surface area contributed by atoms with Gasteiger partial charge in [0.05, 0.1) is 30.9 Å². The predicted molar refractivity (Wildman–Crippen MR) is 101 cm³/mol. The molecule has 3 aromatic rings. The summed E-state index contributed by atoms with van der Waals surface area (Å²) in [6.45, 7) is 4.24. The second kappa shape index (κ2) is 7.19. The molecule has 0 radical (unpaired) electrons. The van der Waals surface area contributed by atoms with E-state index in [0.717, 1.165) is 47.4 Å². The Morgan fingerprint density at radius 3 is 2.74 bits per heavy atom. The topological polar surface area (TPSA) is 84.1 Å². The zero-order valence-corrected chi connectivity index (χ0v) is 15.2. The van der Waals surface area contributed by atoms with Gasteiger partial charge in [-0.15, -0.1) is 0 Å². The number of anilines is 1. The number of hydrogen-bond donors (Lipinski definition) is 1. The lowest BCUT2D eigenvalue weighted by Gasteiger charge is -2.29. The number of nitrogens with zero attached hydrogens (tertiary/aromatic N) is 5. The monoisotopic (exact) mass is 363 g/mol. The summed E-state index contributed by atoms with van der Waals surface area (Å²) >= 11 is 0. The van der Waals surface area contributed by atoms with Crippen molar-refractivity contribution in [1.82, 2.24) is 19.7 Å². The minimum Gasteiger partial charge on any atom is -0.481 e. The SMILES string of the molecule is Cc1cc(N2CCn3nc(CCC(=O)O)cc3C2)nc(-c2ccccc2)n1. The number of rotatable bonds is 5. The second-order valence-corrected chi connectivity index (χ2v) is 6.72. The molecular formula is C20H21N5O2. The lowest BCUT2D eigenvalue weighted by Crippen LogP contribution is -2.34. The van der Waals surface area contributed by atoms with Gasteiger partial charge in [-0.25, -0.2) is 9.97 Å². The van der Waals surface area contributed by atoms with Gasteiger partial charge in [-0.3, -0.25) is 9.48 Å². The van der Waals surface area contributed by atoms with Crippen LogP contribution >= 0.6 is 0 Å². The number of carboxylic acid groups (broad SMARTS) is 1. The summed E-state index contributed by atoms with van der Waals surface area (Å²) in [6, 6.07) is 14.0. The van der Waals surface area contributed by atoms with E-state index in [9.17, 15) is 4.79 Å². The third kappa shape index (κ3) is 3.81. The Hall–Kier alpha value is -3.22. The van der Waals surface area contributed by atoms with Crippen LogP contribution in [0.4, 0.5) is 5.82 Å². The number of benzene rings is 1. The number of carboxylic acids is 1. The fourth-order valence-electron chi connectivity index (χ4n) is 3.31. The molecule has 7 heteroatoms. The van der Waals surface area contributed by atoms with Crippen LogP contribution in [-0.2, 0) is 24.3 Å². The summed E-state index contributed by atoms with van der Waals surface area (Å²) in [5, 5.41) is 13.4. The number of aryl methyl sites for hydroxylation is 2. The standard InChI is InChI=1S/C20H21N5O2/c1-14-11-18(22-20(21-14)15-5-3-2-4-6-15)24-9-10-25-17(13-24)12-16(23-25)7-8-19(26)27/h2-6,11-12H,7-10,13H2,1H3,(H,26,27). The lowest BCUT2D eigenvalue weighted by atomic mass is 10.2. The fourth-order valence-corrected chi connectivity index (χ4v) is 3.31. The van der Waals surface area contributed by atoms with Gasteiger partial charge in [0.1, 0.15) is 5.82 Å². The van der Waals surface area contributed by atoms with Crippen LogP contribution in [0.3, 0.4) is 0 Å². The Balaban J connectivity index is 1.57. The average molecular weight is 363 g/mol. The summed E-state index contributed by atoms with van der Waals surface area (Å²) < 4.78 is 1.97. The quantitative estimate of drug-likeness (QED) is 0.750. The fraction of sp³-hybridized carbons (Fsp3) is 0.300. The molecule has 3 heterocycles. The summed E-state index contributed by atoms with van der Waals surface area (Å²) in [7, 11) is 0. The van der Waals surface area contributed by atoms with Gasteiger partial charge < -0.3 is 10.0 Å². The first-order chi connectivity index (χ1) is 13.1. The predicted octanol–water partition coefficient (Wildman–Crippen LogP) is 2.69. The number of hydrogen-bond acceptors (Lipinski definition) is 5. The Morgan fingerprint density at radius 2 is 1.96 bits per heavy atom. The Kier molecular flexibility index (Phi) is 4.58. The lowest BCUT2D eigenvalue weighted by molar-refractivity contribution is -0.136. The average Bonchev–Trinajstić information content (AvgIpc) is 3.09. The van der Waals surface area contributed by atoms with Crippen molar-refractivity contribution in [1.29, 1.82) is 0 Å². The number of carbonyl (C=O) groups is 1. The van der Waals surface area contributed by atoms with E-state index in [0.29, 0.717) is 13.0 Å². The molecule has 1 N–H and O–H groups in total. The summed E-state index contributed by atoms with van der Waals surface area (Å²) in [5.41, 5.74) is 3.85. The maximum atomic E-state index is 10.8. The molecule has 0 fully saturated rings. The van der Waals surface area contributed by atoms with Crippen LogP contribution in [0.25, 0.3) is 11.4 Å². The van der Waals surface area contributed by atoms with Crippen LogP contribution in [0, 0.1) is 6.92 Å². The normalized spacial score (nSPS) is 13.4. The van der Waals surface area contributed by atoms with E-state index in [4.69, 9.17) is 10.1 Å². The van der Waals surface area contributed by atoms with Crippen LogP contribution in [-0.4, -0.2) is 37.4 Å². The van der Waals surface area contributed by atoms with Gasteiger partial charge in [0.15, 0.2) is 5.82 Å². The highest BCUT2D eigenvalue weighted by Crippen LogP contribution is 2.24. The van der Waals surface area contributed by atoms with Crippen molar-refractivity contribution in [3.05, 3.63) is 59.5 Å². The molecule has 0 aliphatic carbocycles. The molecule has 0 saturated carbocycles. The van der Waals surface area contributed by atoms with Gasteiger partial charge in [0, 0.05) is 30.3 Å². The van der Waals surface area contributed by atoms with Crippen LogP contribution in [0.5, 0.6) is 0 Å². The van der Waals surface area contributed by atoms with Gasteiger partial charge in [0.2, 0.25) is 0 Å². The molecule has 1 aliphatic rings. The van der Waals surface area contributed by atoms with Gasteiger partial charge in [0.25, 0.3) is 0 Å². The minimum atomic E-state index is -0.799. The molecule has 2 aromatic heterocycles. The van der Waals surface area contributed by atoms with Crippen LogP contribution < -0.4 is 4.90 Å². The van der Waals surface area contributed by atoms with E-state index in [1.54, 1.807) is 0 Å². The number of fused-ring (bicyclic) bond motifs is 1. The molecule has 4 rings (SSSR count). The molecule has 7 nitrogen and oxygen atoms in total. The van der Waals surface area contributed by atoms with E-state index in [1.165, 1.54) is 0 Å². The van der Waals surface area contributed by atoms with E-state index < -0.39 is 5.97 Å². The first-order valence-electron chi connectivity index (χ1n) is 9.02. The molecule has 27 heavy (non-hydrogen) atoms. The Morgan fingerprint density at radius 1 is 1.15 bits per heavy atom. The summed E-state index contributed by atoms with van der Waals surface area (Å²) in [4.78, 5) is 22.3. The summed E-state index contributed by atoms with van der Waals surface area (Å²) in [6.07, 6.45) is 0.561. The molecule has 0 amide bonds. The highest BCUT2D eigenvalue weighted by Gasteiger charge is 2.20. The van der Waals surface area contributed by atoms with Gasteiger partial charge in [-0.2, -0.15) is 5.10 Å². The second-order valence-electron chi connectivity index (χ2n) is 6.72. The van der Waals surface area contributed by atoms with E-state index in [-0.39, 0.29) is 6.42 Å². The van der Waals surface area contributed by atoms with Crippen molar-refractivity contribution < 1.29 is 9.90 Å². The first-order valence-corrected chi connectivity index (χ1v) is 9.02. The third-order valence-electron chi connectivity index (χ3n) is 4.64. The molecule has 1 aromatic carbocycles. The molecule has 0 bridgehead atoms. The zero-order valence-electron chi connectivity index (χ0n) is 15.2. The molecule has 0 spiro atoms. The molecule has 1 aliphatic heterocycles. The molecular weight excluding hydrogens is 342 g/mol. The Labute approximate surface area is 157 Å². The van der Waals surface area contributed by atoms with Gasteiger partial charge in [-0.1, -0.05) is 30.3 Å². The summed E-state index contributed by atoms with van der Waals surface area (Å²) in [5.74, 6) is 0.834.